The van der Waals surface area contributed by atoms with Crippen LogP contribution in [0.2, 0.25) is 5.02 Å². The van der Waals surface area contributed by atoms with Crippen molar-refractivity contribution in [1.82, 2.24) is 10.3 Å². The average molecular weight is 365 g/mol. The third kappa shape index (κ3) is 3.86. The van der Waals surface area contributed by atoms with Gasteiger partial charge in [-0.1, -0.05) is 29.8 Å². The van der Waals surface area contributed by atoms with Gasteiger partial charge in [-0.25, -0.2) is 0 Å². The van der Waals surface area contributed by atoms with Crippen LogP contribution < -0.4 is 11.1 Å². The van der Waals surface area contributed by atoms with E-state index in [0.29, 0.717) is 17.1 Å². The lowest BCUT2D eigenvalue weighted by Gasteiger charge is -2.34. The highest BCUT2D eigenvalue weighted by Gasteiger charge is 2.28. The van der Waals surface area contributed by atoms with Gasteiger partial charge in [0.25, 0.3) is 0 Å². The van der Waals surface area contributed by atoms with Crippen LogP contribution in [-0.4, -0.2) is 10.5 Å². The first-order chi connectivity index (χ1) is 12.4. The van der Waals surface area contributed by atoms with Crippen molar-refractivity contribution in [2.75, 3.05) is 0 Å². The lowest BCUT2D eigenvalue weighted by Crippen LogP contribution is -2.48. The Hall–Kier alpha value is -2.45. The van der Waals surface area contributed by atoms with Crippen molar-refractivity contribution in [1.29, 1.82) is 5.26 Å². The van der Waals surface area contributed by atoms with Crippen LogP contribution >= 0.6 is 11.6 Å². The highest BCUT2D eigenvalue weighted by Crippen LogP contribution is 2.30. The number of rotatable bonds is 5. The summed E-state index contributed by atoms with van der Waals surface area (Å²) in [6.07, 6.45) is 1.77. The molecule has 0 aliphatic rings. The second-order valence-electron chi connectivity index (χ2n) is 6.92. The summed E-state index contributed by atoms with van der Waals surface area (Å²) in [5.41, 5.74) is 9.91. The molecule has 3 aromatic rings. The van der Waals surface area contributed by atoms with Gasteiger partial charge in [-0.15, -0.1) is 0 Å². The molecule has 0 amide bonds. The van der Waals surface area contributed by atoms with E-state index >= 15 is 0 Å². The fourth-order valence-electron chi connectivity index (χ4n) is 2.94. The normalized spacial score (nSPS) is 12.7. The number of halogens is 1. The zero-order valence-electron chi connectivity index (χ0n) is 14.8. The highest BCUT2D eigenvalue weighted by molar-refractivity contribution is 6.31. The molecule has 0 aliphatic heterocycles. The molecule has 0 aliphatic carbocycles. The monoisotopic (exact) mass is 364 g/mol. The van der Waals surface area contributed by atoms with Crippen molar-refractivity contribution in [3.63, 3.8) is 0 Å². The summed E-state index contributed by atoms with van der Waals surface area (Å²) in [5, 5.41) is 14.1. The van der Waals surface area contributed by atoms with Gasteiger partial charge in [-0.3, -0.25) is 4.98 Å². The zero-order valence-corrected chi connectivity index (χ0v) is 15.6. The predicted molar refractivity (Wildman–Crippen MR) is 106 cm³/mol. The van der Waals surface area contributed by atoms with Crippen LogP contribution in [0.5, 0.6) is 0 Å². The molecule has 0 saturated heterocycles. The second kappa shape index (κ2) is 7.43. The van der Waals surface area contributed by atoms with Gasteiger partial charge in [0.15, 0.2) is 0 Å². The fraction of sp³-hybridized carbons (Fsp3) is 0.238. The molecule has 1 aromatic heterocycles. The first kappa shape index (κ1) is 18.3. The van der Waals surface area contributed by atoms with Gasteiger partial charge >= 0.3 is 0 Å². The molecule has 5 heteroatoms. The van der Waals surface area contributed by atoms with Crippen molar-refractivity contribution in [2.45, 2.75) is 32.0 Å². The average Bonchev–Trinajstić information content (AvgIpc) is 2.65. The summed E-state index contributed by atoms with van der Waals surface area (Å²) < 4.78 is 0. The number of benzene rings is 2. The molecule has 0 saturated carbocycles. The van der Waals surface area contributed by atoms with Gasteiger partial charge in [0, 0.05) is 34.7 Å². The molecular formula is C21H21ClN4. The summed E-state index contributed by atoms with van der Waals surface area (Å²) in [6.45, 7) is 4.84. The molecule has 132 valence electrons. The number of nitrogens with two attached hydrogens (primary N) is 1. The molecule has 26 heavy (non-hydrogen) atoms. The minimum Gasteiger partial charge on any atom is -0.322 e. The van der Waals surface area contributed by atoms with Gasteiger partial charge in [0.2, 0.25) is 0 Å². The Morgan fingerprint density at radius 3 is 2.62 bits per heavy atom. The maximum absolute atomic E-state index is 8.89. The van der Waals surface area contributed by atoms with Gasteiger partial charge in [-0.05, 0) is 55.3 Å². The van der Waals surface area contributed by atoms with Crippen molar-refractivity contribution in [3.8, 4) is 6.07 Å². The maximum atomic E-state index is 8.89. The number of pyridine rings is 1. The lowest BCUT2D eigenvalue weighted by atomic mass is 9.87. The molecule has 0 bridgehead atoms. The first-order valence-corrected chi connectivity index (χ1v) is 8.82. The van der Waals surface area contributed by atoms with Crippen LogP contribution in [0.1, 0.15) is 36.6 Å². The third-order valence-corrected chi connectivity index (χ3v) is 4.92. The lowest BCUT2D eigenvalue weighted by molar-refractivity contribution is 0.322. The van der Waals surface area contributed by atoms with E-state index in [1.54, 1.807) is 6.20 Å². The molecule has 4 nitrogen and oxygen atoms in total. The van der Waals surface area contributed by atoms with Crippen molar-refractivity contribution in [2.24, 2.45) is 5.73 Å². The van der Waals surface area contributed by atoms with Gasteiger partial charge in [0.05, 0.1) is 17.1 Å². The summed E-state index contributed by atoms with van der Waals surface area (Å²) in [7, 11) is 0. The van der Waals surface area contributed by atoms with Gasteiger partial charge in [-0.2, -0.15) is 5.26 Å². The number of nitriles is 1. The summed E-state index contributed by atoms with van der Waals surface area (Å²) in [4.78, 5) is 4.39. The van der Waals surface area contributed by atoms with Gasteiger partial charge < -0.3 is 11.1 Å². The smallest absolute Gasteiger partial charge is 0.0991 e. The van der Waals surface area contributed by atoms with Crippen LogP contribution in [0, 0.1) is 11.3 Å². The number of hydrogen-bond acceptors (Lipinski definition) is 4. The van der Waals surface area contributed by atoms with Crippen molar-refractivity contribution >= 4 is 22.5 Å². The van der Waals surface area contributed by atoms with Crippen LogP contribution in [0.3, 0.4) is 0 Å². The van der Waals surface area contributed by atoms with Crippen molar-refractivity contribution in [3.05, 3.63) is 76.4 Å². The highest BCUT2D eigenvalue weighted by atomic mass is 35.5. The molecule has 1 unspecified atom stereocenters. The third-order valence-electron chi connectivity index (χ3n) is 4.68. The minimum absolute atomic E-state index is 0.229. The van der Waals surface area contributed by atoms with Crippen LogP contribution in [0.15, 0.2) is 54.7 Å². The Kier molecular flexibility index (Phi) is 5.24. The molecule has 3 N–H and O–H groups in total. The van der Waals surface area contributed by atoms with E-state index < -0.39 is 0 Å². The molecule has 0 fully saturated rings. The standard InChI is InChI=1S/C21H21ClN4/c1-21(2,26-13-15-5-3-14(12-23)4-6-15)20(24)18-9-10-25-19-11-16(22)7-8-17(18)19/h3-11,20,26H,13,24H2,1-2H3. The summed E-state index contributed by atoms with van der Waals surface area (Å²) in [5.74, 6) is 0. The van der Waals surface area contributed by atoms with E-state index in [4.69, 9.17) is 22.6 Å². The van der Waals surface area contributed by atoms with E-state index in [0.717, 1.165) is 22.0 Å². The van der Waals surface area contributed by atoms with E-state index in [2.05, 4.69) is 30.2 Å². The zero-order chi connectivity index (χ0) is 18.7. The molecule has 0 radical (unpaired) electrons. The van der Waals surface area contributed by atoms with E-state index in [1.807, 2.05) is 48.5 Å². The molecule has 1 atom stereocenters. The molecule has 2 aromatic carbocycles. The predicted octanol–water partition coefficient (Wildman–Crippen LogP) is 4.33. The number of fused-ring (bicyclic) bond motifs is 1. The fourth-order valence-corrected chi connectivity index (χ4v) is 3.11. The van der Waals surface area contributed by atoms with E-state index in [1.165, 1.54) is 0 Å². The number of hydrogen-bond donors (Lipinski definition) is 2. The SMILES string of the molecule is CC(C)(NCc1ccc(C#N)cc1)C(N)c1ccnc2cc(Cl)ccc12. The van der Waals surface area contributed by atoms with Crippen molar-refractivity contribution < 1.29 is 0 Å². The Morgan fingerprint density at radius 1 is 1.19 bits per heavy atom. The summed E-state index contributed by atoms with van der Waals surface area (Å²) in [6, 6.07) is 17.1. The van der Waals surface area contributed by atoms with E-state index in [-0.39, 0.29) is 11.6 Å². The maximum Gasteiger partial charge on any atom is 0.0991 e. The molecule has 0 spiro atoms. The van der Waals surface area contributed by atoms with Crippen LogP contribution in [-0.2, 0) is 6.54 Å². The Balaban J connectivity index is 1.81. The molecular weight excluding hydrogens is 344 g/mol. The number of nitrogens with one attached hydrogen (secondary N) is 1. The number of nitrogens with zero attached hydrogens (tertiary/aromatic N) is 2. The van der Waals surface area contributed by atoms with E-state index in [9.17, 15) is 0 Å². The Morgan fingerprint density at radius 2 is 1.92 bits per heavy atom. The van der Waals surface area contributed by atoms with Crippen LogP contribution in [0.25, 0.3) is 10.9 Å². The Bertz CT molecular complexity index is 958. The topological polar surface area (TPSA) is 74.7 Å². The quantitative estimate of drug-likeness (QED) is 0.706. The largest absolute Gasteiger partial charge is 0.322 e. The molecule has 1 heterocycles. The summed E-state index contributed by atoms with van der Waals surface area (Å²) >= 11 is 6.08. The first-order valence-electron chi connectivity index (χ1n) is 8.44. The number of aromatic nitrogens is 1. The minimum atomic E-state index is -0.345. The van der Waals surface area contributed by atoms with Crippen LogP contribution in [0.4, 0.5) is 0 Å². The van der Waals surface area contributed by atoms with Gasteiger partial charge in [0.1, 0.15) is 0 Å². The molecule has 3 rings (SSSR count). The second-order valence-corrected chi connectivity index (χ2v) is 7.36. The Labute approximate surface area is 158 Å².